The van der Waals surface area contributed by atoms with Crippen LogP contribution in [0.25, 0.3) is 29.6 Å². The summed E-state index contributed by atoms with van der Waals surface area (Å²) in [6.45, 7) is 2.21. The maximum Gasteiger partial charge on any atom is 0.0542 e. The maximum atomic E-state index is 3.30. The van der Waals surface area contributed by atoms with Gasteiger partial charge in [-0.15, -0.1) is 22.7 Å². The molecule has 2 heterocycles. The van der Waals surface area contributed by atoms with Gasteiger partial charge in [0.05, 0.1) is 9.40 Å². The first kappa shape index (κ1) is 15.6. The van der Waals surface area contributed by atoms with Crippen molar-refractivity contribution in [3.8, 4) is 11.8 Å². The Morgan fingerprint density at radius 1 is 0.692 bits per heavy atom. The summed E-state index contributed by atoms with van der Waals surface area (Å²) >= 11 is 3.81. The monoisotopic (exact) mass is 368 g/mol. The Morgan fingerprint density at radius 2 is 1.35 bits per heavy atom. The summed E-state index contributed by atoms with van der Waals surface area (Å²) in [5.41, 5.74) is 3.54. The van der Waals surface area contributed by atoms with Crippen LogP contribution in [0.3, 0.4) is 0 Å². The lowest BCUT2D eigenvalue weighted by Gasteiger charge is -1.96. The molecule has 0 spiro atoms. The molecule has 26 heavy (non-hydrogen) atoms. The number of fused-ring (bicyclic) bond motifs is 5. The molecule has 0 N–H and O–H groups in total. The number of rotatable bonds is 1. The summed E-state index contributed by atoms with van der Waals surface area (Å²) in [5, 5.41) is 2.75. The van der Waals surface area contributed by atoms with Gasteiger partial charge in [-0.2, -0.15) is 0 Å². The van der Waals surface area contributed by atoms with E-state index in [2.05, 4.69) is 55.2 Å². The highest BCUT2D eigenvalue weighted by Crippen LogP contribution is 2.44. The summed E-state index contributed by atoms with van der Waals surface area (Å²) in [7, 11) is 0. The maximum absolute atomic E-state index is 3.30. The number of hydrogen-bond donors (Lipinski definition) is 0. The average molecular weight is 369 g/mol. The van der Waals surface area contributed by atoms with Crippen molar-refractivity contribution in [2.75, 3.05) is 0 Å². The van der Waals surface area contributed by atoms with Gasteiger partial charge < -0.3 is 0 Å². The fraction of sp³-hybridized carbons (Fsp3) is 0.0833. The number of benzene rings is 3. The van der Waals surface area contributed by atoms with E-state index in [0.717, 1.165) is 17.5 Å². The quantitative estimate of drug-likeness (QED) is 0.274. The molecule has 0 fully saturated rings. The highest BCUT2D eigenvalue weighted by atomic mass is 32.1. The summed E-state index contributed by atoms with van der Waals surface area (Å²) in [6.07, 6.45) is 1.09. The van der Waals surface area contributed by atoms with Gasteiger partial charge >= 0.3 is 0 Å². The number of hydrogen-bond acceptors (Lipinski definition) is 2. The number of aryl methyl sites for hydroxylation is 1. The van der Waals surface area contributed by atoms with Crippen LogP contribution in [-0.4, -0.2) is 0 Å². The molecule has 3 aromatic carbocycles. The van der Waals surface area contributed by atoms with E-state index in [1.165, 1.54) is 35.1 Å². The lowest BCUT2D eigenvalue weighted by molar-refractivity contribution is 1.15. The molecule has 5 aromatic rings. The van der Waals surface area contributed by atoms with Crippen molar-refractivity contribution in [3.63, 3.8) is 0 Å². The number of thiophene rings is 2. The fourth-order valence-corrected chi connectivity index (χ4v) is 6.02. The first-order chi connectivity index (χ1) is 12.8. The van der Waals surface area contributed by atoms with E-state index in [-0.39, 0.29) is 0 Å². The molecule has 2 heteroatoms. The summed E-state index contributed by atoms with van der Waals surface area (Å²) in [5.74, 6) is 6.55. The van der Waals surface area contributed by atoms with Crippen molar-refractivity contribution in [1.82, 2.24) is 0 Å². The second-order valence-corrected chi connectivity index (χ2v) is 8.48. The van der Waals surface area contributed by atoms with Gasteiger partial charge in [0, 0.05) is 31.3 Å². The van der Waals surface area contributed by atoms with Crippen LogP contribution in [0.15, 0.2) is 66.7 Å². The van der Waals surface area contributed by atoms with Crippen molar-refractivity contribution >= 4 is 52.2 Å². The molecule has 124 valence electrons. The van der Waals surface area contributed by atoms with Crippen LogP contribution < -0.4 is 0 Å². The molecule has 0 aliphatic rings. The second kappa shape index (κ2) is 6.29. The summed E-state index contributed by atoms with van der Waals surface area (Å²) in [6, 6.07) is 23.7. The van der Waals surface area contributed by atoms with Gasteiger partial charge in [-0.1, -0.05) is 55.2 Å². The standard InChI is InChI=1S/C24H16S2/c1-2-16-10-12-19-21(14-16)25-24-20-13-11-18(15-22(20)26-23(19)24)9-8-17-6-4-3-5-7-17/h3-7,10-15H,2H2,1H3. The minimum atomic E-state index is 1.05. The molecule has 0 aliphatic carbocycles. The third-order valence-electron chi connectivity index (χ3n) is 4.68. The van der Waals surface area contributed by atoms with Crippen LogP contribution in [-0.2, 0) is 6.42 Å². The molecule has 0 saturated carbocycles. The van der Waals surface area contributed by atoms with E-state index in [4.69, 9.17) is 0 Å². The van der Waals surface area contributed by atoms with Gasteiger partial charge in [-0.25, -0.2) is 0 Å². The summed E-state index contributed by atoms with van der Waals surface area (Å²) in [4.78, 5) is 0. The molecule has 0 bridgehead atoms. The SMILES string of the molecule is CCc1ccc2c(c1)sc1c3ccc(C#Cc4ccccc4)cc3sc21. The van der Waals surface area contributed by atoms with E-state index in [9.17, 15) is 0 Å². The van der Waals surface area contributed by atoms with E-state index in [1.807, 2.05) is 53.0 Å². The van der Waals surface area contributed by atoms with E-state index in [1.54, 1.807) is 0 Å². The van der Waals surface area contributed by atoms with Gasteiger partial charge in [0.1, 0.15) is 0 Å². The van der Waals surface area contributed by atoms with Crippen LogP contribution in [0, 0.1) is 11.8 Å². The topological polar surface area (TPSA) is 0 Å². The Kier molecular flexibility index (Phi) is 3.78. The van der Waals surface area contributed by atoms with Crippen LogP contribution in [0.1, 0.15) is 23.6 Å². The first-order valence-electron chi connectivity index (χ1n) is 8.76. The lowest BCUT2D eigenvalue weighted by Crippen LogP contribution is -1.76. The van der Waals surface area contributed by atoms with Crippen molar-refractivity contribution < 1.29 is 0 Å². The minimum absolute atomic E-state index is 1.05. The van der Waals surface area contributed by atoms with Gasteiger partial charge in [0.2, 0.25) is 0 Å². The van der Waals surface area contributed by atoms with Gasteiger partial charge in [-0.3, -0.25) is 0 Å². The molecule has 0 amide bonds. The zero-order valence-corrected chi connectivity index (χ0v) is 16.0. The Morgan fingerprint density at radius 3 is 2.08 bits per heavy atom. The molecule has 0 atom stereocenters. The lowest BCUT2D eigenvalue weighted by atomic mass is 10.1. The van der Waals surface area contributed by atoms with Gasteiger partial charge in [-0.05, 0) is 42.3 Å². The summed E-state index contributed by atoms with van der Waals surface area (Å²) < 4.78 is 5.56. The molecule has 5 rings (SSSR count). The van der Waals surface area contributed by atoms with Crippen LogP contribution in [0.2, 0.25) is 0 Å². The van der Waals surface area contributed by atoms with Gasteiger partial charge in [0.15, 0.2) is 0 Å². The molecule has 0 radical (unpaired) electrons. The second-order valence-electron chi connectivity index (χ2n) is 6.37. The van der Waals surface area contributed by atoms with Gasteiger partial charge in [0.25, 0.3) is 0 Å². The first-order valence-corrected chi connectivity index (χ1v) is 10.4. The van der Waals surface area contributed by atoms with Crippen molar-refractivity contribution in [2.45, 2.75) is 13.3 Å². The molecule has 2 aromatic heterocycles. The van der Waals surface area contributed by atoms with Crippen LogP contribution in [0.4, 0.5) is 0 Å². The molecule has 0 nitrogen and oxygen atoms in total. The fourth-order valence-electron chi connectivity index (χ4n) is 3.26. The third kappa shape index (κ3) is 2.61. The van der Waals surface area contributed by atoms with Crippen LogP contribution in [0.5, 0.6) is 0 Å². The highest BCUT2D eigenvalue weighted by Gasteiger charge is 2.12. The molecule has 0 saturated heterocycles. The Balaban J connectivity index is 1.63. The molecular weight excluding hydrogens is 352 g/mol. The molecular formula is C24H16S2. The zero-order valence-electron chi connectivity index (χ0n) is 14.4. The minimum Gasteiger partial charge on any atom is -0.134 e. The van der Waals surface area contributed by atoms with Crippen LogP contribution >= 0.6 is 22.7 Å². The zero-order chi connectivity index (χ0) is 17.5. The third-order valence-corrected chi connectivity index (χ3v) is 7.18. The highest BCUT2D eigenvalue weighted by molar-refractivity contribution is 7.36. The predicted molar refractivity (Wildman–Crippen MR) is 117 cm³/mol. The van der Waals surface area contributed by atoms with Crippen molar-refractivity contribution in [1.29, 1.82) is 0 Å². The Bertz CT molecular complexity index is 1310. The van der Waals surface area contributed by atoms with E-state index < -0.39 is 0 Å². The molecule has 0 aliphatic heterocycles. The smallest absolute Gasteiger partial charge is 0.0542 e. The van der Waals surface area contributed by atoms with Crippen molar-refractivity contribution in [3.05, 3.63) is 83.4 Å². The predicted octanol–water partition coefficient (Wildman–Crippen LogP) is 7.23. The molecule has 0 unspecified atom stereocenters. The van der Waals surface area contributed by atoms with Crippen molar-refractivity contribution in [2.24, 2.45) is 0 Å². The Hall–Kier alpha value is -2.60. The average Bonchev–Trinajstić information content (AvgIpc) is 3.22. The van der Waals surface area contributed by atoms with E-state index >= 15 is 0 Å². The van der Waals surface area contributed by atoms with E-state index in [0.29, 0.717) is 0 Å². The largest absolute Gasteiger partial charge is 0.134 e. The normalized spacial score (nSPS) is 11.1. The Labute approximate surface area is 160 Å².